The van der Waals surface area contributed by atoms with Gasteiger partial charge in [-0.15, -0.1) is 0 Å². The molecule has 0 saturated heterocycles. The number of benzene rings is 1. The average molecular weight is 332 g/mol. The Kier molecular flexibility index (Phi) is 5.92. The van der Waals surface area contributed by atoms with Crippen molar-refractivity contribution in [3.8, 4) is 0 Å². The van der Waals surface area contributed by atoms with Crippen molar-refractivity contribution in [1.82, 2.24) is 15.5 Å². The van der Waals surface area contributed by atoms with Gasteiger partial charge in [-0.3, -0.25) is 19.8 Å². The molecule has 4 N–H and O–H groups in total. The third-order valence-electron chi connectivity index (χ3n) is 3.71. The number of carbonyl (C=O) groups is 3. The molecule has 0 bridgehead atoms. The molecule has 1 fully saturated rings. The lowest BCUT2D eigenvalue weighted by Crippen LogP contribution is -2.46. The maximum absolute atomic E-state index is 12.0. The molecular formula is C17H24N4O3. The van der Waals surface area contributed by atoms with Crippen LogP contribution in [0.3, 0.4) is 0 Å². The van der Waals surface area contributed by atoms with Gasteiger partial charge in [0, 0.05) is 24.2 Å². The second kappa shape index (κ2) is 7.92. The van der Waals surface area contributed by atoms with Gasteiger partial charge in [0.1, 0.15) is 0 Å². The number of urea groups is 1. The highest BCUT2D eigenvalue weighted by atomic mass is 16.2. The number of nitrogens with two attached hydrogens (primary N) is 1. The first-order valence-electron chi connectivity index (χ1n) is 8.08. The summed E-state index contributed by atoms with van der Waals surface area (Å²) in [6.07, 6.45) is 2.09. The maximum Gasteiger partial charge on any atom is 0.321 e. The Bertz CT molecular complexity index is 609. The van der Waals surface area contributed by atoms with Gasteiger partial charge in [-0.2, -0.15) is 0 Å². The minimum atomic E-state index is -0.475. The van der Waals surface area contributed by atoms with E-state index in [0.717, 1.165) is 18.4 Å². The molecule has 4 amide bonds. The fourth-order valence-corrected chi connectivity index (χ4v) is 2.41. The van der Waals surface area contributed by atoms with Crippen LogP contribution in [0.4, 0.5) is 4.79 Å². The Morgan fingerprint density at radius 1 is 1.21 bits per heavy atom. The summed E-state index contributed by atoms with van der Waals surface area (Å²) in [5, 5.41) is 4.97. The first-order valence-corrected chi connectivity index (χ1v) is 8.08. The van der Waals surface area contributed by atoms with E-state index < -0.39 is 11.9 Å². The number of nitrogens with one attached hydrogen (secondary N) is 2. The van der Waals surface area contributed by atoms with Crippen molar-refractivity contribution in [3.63, 3.8) is 0 Å². The number of hydrogen-bond donors (Lipinski definition) is 3. The summed E-state index contributed by atoms with van der Waals surface area (Å²) < 4.78 is 0. The fraction of sp³-hybridized carbons (Fsp3) is 0.471. The zero-order valence-electron chi connectivity index (χ0n) is 14.0. The highest BCUT2D eigenvalue weighted by Crippen LogP contribution is 2.28. The summed E-state index contributed by atoms with van der Waals surface area (Å²) in [5.74, 6) is -0.787. The monoisotopic (exact) mass is 332 g/mol. The van der Waals surface area contributed by atoms with Gasteiger partial charge < -0.3 is 11.1 Å². The van der Waals surface area contributed by atoms with Gasteiger partial charge in [0.05, 0.1) is 6.54 Å². The molecule has 0 atom stereocenters. The van der Waals surface area contributed by atoms with E-state index >= 15 is 0 Å². The van der Waals surface area contributed by atoms with Gasteiger partial charge in [-0.1, -0.05) is 12.1 Å². The lowest BCUT2D eigenvalue weighted by molar-refractivity contribution is -0.121. The van der Waals surface area contributed by atoms with Crippen LogP contribution in [0.15, 0.2) is 24.3 Å². The Morgan fingerprint density at radius 3 is 2.33 bits per heavy atom. The molecule has 7 heteroatoms. The van der Waals surface area contributed by atoms with Crippen molar-refractivity contribution < 1.29 is 14.4 Å². The highest BCUT2D eigenvalue weighted by Gasteiger charge is 2.30. The van der Waals surface area contributed by atoms with Gasteiger partial charge in [0.25, 0.3) is 0 Å². The van der Waals surface area contributed by atoms with Crippen LogP contribution in [0.2, 0.25) is 0 Å². The molecule has 0 heterocycles. The van der Waals surface area contributed by atoms with Gasteiger partial charge in [0.15, 0.2) is 0 Å². The third kappa shape index (κ3) is 5.66. The van der Waals surface area contributed by atoms with E-state index in [-0.39, 0.29) is 18.5 Å². The predicted octanol–water partition coefficient (Wildman–Crippen LogP) is 0.984. The average Bonchev–Trinajstić information content (AvgIpc) is 3.30. The minimum Gasteiger partial charge on any atom is -0.366 e. The summed E-state index contributed by atoms with van der Waals surface area (Å²) in [6.45, 7) is 4.41. The van der Waals surface area contributed by atoms with Crippen LogP contribution in [0.1, 0.15) is 42.6 Å². The molecule has 24 heavy (non-hydrogen) atoms. The van der Waals surface area contributed by atoms with Gasteiger partial charge >= 0.3 is 6.03 Å². The Labute approximate surface area is 141 Å². The van der Waals surface area contributed by atoms with E-state index in [1.807, 2.05) is 30.9 Å². The largest absolute Gasteiger partial charge is 0.366 e. The van der Waals surface area contributed by atoms with Gasteiger partial charge in [-0.25, -0.2) is 4.79 Å². The maximum atomic E-state index is 12.0. The number of primary amides is 1. The summed E-state index contributed by atoms with van der Waals surface area (Å²) in [7, 11) is 0. The third-order valence-corrected chi connectivity index (χ3v) is 3.71. The minimum absolute atomic E-state index is 0.0268. The molecule has 0 unspecified atom stereocenters. The van der Waals surface area contributed by atoms with E-state index in [4.69, 9.17) is 5.73 Å². The van der Waals surface area contributed by atoms with Crippen molar-refractivity contribution in [1.29, 1.82) is 0 Å². The summed E-state index contributed by atoms with van der Waals surface area (Å²) in [6, 6.07) is 6.88. The van der Waals surface area contributed by atoms with E-state index in [1.54, 1.807) is 12.1 Å². The van der Waals surface area contributed by atoms with E-state index in [1.165, 1.54) is 0 Å². The van der Waals surface area contributed by atoms with E-state index in [2.05, 4.69) is 10.6 Å². The molecule has 1 aliphatic rings. The number of nitrogens with zero attached hydrogens (tertiary/aromatic N) is 1. The number of amides is 4. The second-order valence-electron chi connectivity index (χ2n) is 6.37. The van der Waals surface area contributed by atoms with Crippen LogP contribution in [0.25, 0.3) is 0 Å². The molecule has 1 aromatic carbocycles. The van der Waals surface area contributed by atoms with Gasteiger partial charge in [-0.05, 0) is 44.4 Å². The molecule has 0 aliphatic heterocycles. The highest BCUT2D eigenvalue weighted by molar-refractivity contribution is 5.95. The van der Waals surface area contributed by atoms with Crippen LogP contribution in [0, 0.1) is 0 Å². The molecule has 1 aliphatic carbocycles. The molecule has 0 aromatic heterocycles. The number of rotatable bonds is 7. The number of imide groups is 1. The first-order chi connectivity index (χ1) is 11.3. The van der Waals surface area contributed by atoms with Crippen molar-refractivity contribution in [2.45, 2.75) is 45.3 Å². The molecule has 2 rings (SSSR count). The normalized spacial score (nSPS) is 13.8. The zero-order chi connectivity index (χ0) is 17.7. The predicted molar refractivity (Wildman–Crippen MR) is 90.2 cm³/mol. The number of hydrogen-bond acceptors (Lipinski definition) is 4. The van der Waals surface area contributed by atoms with Crippen LogP contribution in [0.5, 0.6) is 0 Å². The topological polar surface area (TPSA) is 105 Å². The second-order valence-corrected chi connectivity index (χ2v) is 6.37. The molecule has 130 valence electrons. The van der Waals surface area contributed by atoms with Crippen LogP contribution in [-0.4, -0.2) is 41.4 Å². The van der Waals surface area contributed by atoms with Crippen molar-refractivity contribution in [3.05, 3.63) is 35.4 Å². The van der Waals surface area contributed by atoms with E-state index in [9.17, 15) is 14.4 Å². The lowest BCUT2D eigenvalue weighted by atomic mass is 10.1. The quantitative estimate of drug-likeness (QED) is 0.692. The summed E-state index contributed by atoms with van der Waals surface area (Å²) in [4.78, 5) is 36.8. The van der Waals surface area contributed by atoms with Crippen LogP contribution < -0.4 is 16.4 Å². The molecule has 7 nitrogen and oxygen atoms in total. The standard InChI is InChI=1S/C17H24N4O3/c1-11(2)19-17(24)20-15(22)10-21(14-7-8-14)9-12-3-5-13(6-4-12)16(18)23/h3-6,11,14H,7-10H2,1-2H3,(H2,18,23)(H2,19,20,22,24). The van der Waals surface area contributed by atoms with Crippen molar-refractivity contribution in [2.75, 3.05) is 6.54 Å². The SMILES string of the molecule is CC(C)NC(=O)NC(=O)CN(Cc1ccc(C(N)=O)cc1)C1CC1. The summed E-state index contributed by atoms with van der Waals surface area (Å²) >= 11 is 0. The first kappa shape index (κ1) is 17.9. The van der Waals surface area contributed by atoms with Gasteiger partial charge in [0.2, 0.25) is 11.8 Å². The van der Waals surface area contributed by atoms with Crippen molar-refractivity contribution >= 4 is 17.8 Å². The fourth-order valence-electron chi connectivity index (χ4n) is 2.41. The molecular weight excluding hydrogens is 308 g/mol. The molecule has 1 saturated carbocycles. The molecule has 0 spiro atoms. The molecule has 0 radical (unpaired) electrons. The molecule has 1 aromatic rings. The number of carbonyl (C=O) groups excluding carboxylic acids is 3. The summed E-state index contributed by atoms with van der Waals surface area (Å²) in [5.41, 5.74) is 6.68. The Balaban J connectivity index is 1.91. The lowest BCUT2D eigenvalue weighted by Gasteiger charge is -2.21. The van der Waals surface area contributed by atoms with E-state index in [0.29, 0.717) is 18.2 Å². The van der Waals surface area contributed by atoms with Crippen molar-refractivity contribution in [2.24, 2.45) is 5.73 Å². The smallest absolute Gasteiger partial charge is 0.321 e. The Morgan fingerprint density at radius 2 is 1.83 bits per heavy atom. The van der Waals surface area contributed by atoms with Crippen LogP contribution >= 0.6 is 0 Å². The van der Waals surface area contributed by atoms with Crippen LogP contribution in [-0.2, 0) is 11.3 Å². The zero-order valence-corrected chi connectivity index (χ0v) is 14.0. The Hall–Kier alpha value is -2.41.